The summed E-state index contributed by atoms with van der Waals surface area (Å²) in [5, 5.41) is 0. The minimum Gasteiger partial charge on any atom is -0.452 e. The summed E-state index contributed by atoms with van der Waals surface area (Å²) < 4.78 is 43.3. The Balaban J connectivity index is 1.69. The van der Waals surface area contributed by atoms with Gasteiger partial charge in [-0.05, 0) is 37.5 Å². The number of hydrogen-bond donors (Lipinski definition) is 0. The number of carbonyl (C=O) groups excluding carboxylic acids is 2. The molecule has 1 amide bonds. The Bertz CT molecular complexity index is 854. The van der Waals surface area contributed by atoms with Gasteiger partial charge in [-0.2, -0.15) is 0 Å². The molecule has 1 heterocycles. The number of rotatable bonds is 5. The fraction of sp³-hybridized carbons (Fsp3) is 0.579. The number of sulfone groups is 1. The highest BCUT2D eigenvalue weighted by Gasteiger charge is 2.38. The van der Waals surface area contributed by atoms with Crippen molar-refractivity contribution in [3.63, 3.8) is 0 Å². The largest absolute Gasteiger partial charge is 0.452 e. The second-order valence-electron chi connectivity index (χ2n) is 7.35. The summed E-state index contributed by atoms with van der Waals surface area (Å²) in [6.45, 7) is -0.526. The van der Waals surface area contributed by atoms with Crippen molar-refractivity contribution in [3.8, 4) is 0 Å². The second-order valence-corrected chi connectivity index (χ2v) is 10.5. The lowest BCUT2D eigenvalue weighted by atomic mass is 9.93. The number of halogens is 2. The maximum atomic E-state index is 13.9. The molecule has 1 atom stereocenters. The van der Waals surface area contributed by atoms with E-state index in [4.69, 9.17) is 4.74 Å². The first kappa shape index (κ1) is 21.2. The minimum atomic E-state index is -3.15. The number of esters is 1. The van der Waals surface area contributed by atoms with Crippen LogP contribution in [0, 0.1) is 5.82 Å². The Morgan fingerprint density at radius 1 is 1.14 bits per heavy atom. The SMILES string of the molecule is O=C(OCC(=O)N(C1CCCCC1)C1CCS(=O)(=O)C1)c1ccc(Br)cc1F. The van der Waals surface area contributed by atoms with Gasteiger partial charge in [0.1, 0.15) is 5.82 Å². The maximum absolute atomic E-state index is 13.9. The van der Waals surface area contributed by atoms with Gasteiger partial charge in [-0.25, -0.2) is 17.6 Å². The van der Waals surface area contributed by atoms with Gasteiger partial charge in [-0.15, -0.1) is 0 Å². The summed E-state index contributed by atoms with van der Waals surface area (Å²) in [5.74, 6) is -2.05. The van der Waals surface area contributed by atoms with Crippen LogP contribution in [-0.4, -0.2) is 55.4 Å². The van der Waals surface area contributed by atoms with Gasteiger partial charge in [0.15, 0.2) is 16.4 Å². The topological polar surface area (TPSA) is 80.8 Å². The molecular weight excluding hydrogens is 453 g/mol. The molecule has 0 radical (unpaired) electrons. The summed E-state index contributed by atoms with van der Waals surface area (Å²) in [5.41, 5.74) is -0.247. The van der Waals surface area contributed by atoms with E-state index in [2.05, 4.69) is 15.9 Å². The number of ether oxygens (including phenoxy) is 1. The average molecular weight is 476 g/mol. The van der Waals surface area contributed by atoms with E-state index in [1.54, 1.807) is 4.90 Å². The van der Waals surface area contributed by atoms with E-state index >= 15 is 0 Å². The molecule has 3 rings (SSSR count). The Kier molecular flexibility index (Phi) is 6.75. The Morgan fingerprint density at radius 2 is 1.86 bits per heavy atom. The molecule has 2 fully saturated rings. The van der Waals surface area contributed by atoms with E-state index in [9.17, 15) is 22.4 Å². The quantitative estimate of drug-likeness (QED) is 0.611. The summed E-state index contributed by atoms with van der Waals surface area (Å²) in [7, 11) is -3.15. The molecule has 0 spiro atoms. The van der Waals surface area contributed by atoms with Crippen LogP contribution in [0.2, 0.25) is 0 Å². The monoisotopic (exact) mass is 475 g/mol. The molecule has 1 saturated carbocycles. The fourth-order valence-electron chi connectivity index (χ4n) is 3.99. The van der Waals surface area contributed by atoms with Crippen molar-refractivity contribution in [3.05, 3.63) is 34.1 Å². The molecule has 0 bridgehead atoms. The zero-order valence-electron chi connectivity index (χ0n) is 15.4. The van der Waals surface area contributed by atoms with Gasteiger partial charge < -0.3 is 9.64 Å². The average Bonchev–Trinajstić information content (AvgIpc) is 3.00. The molecule has 9 heteroatoms. The standard InChI is InChI=1S/C19H23BrFNO5S/c20-13-6-7-16(17(21)10-13)19(24)27-11-18(23)22(14-4-2-1-3-5-14)15-8-9-28(25,26)12-15/h6-7,10,14-15H,1-5,8-9,11-12H2. The molecule has 1 aliphatic heterocycles. The molecule has 1 saturated heterocycles. The first-order chi connectivity index (χ1) is 13.3. The van der Waals surface area contributed by atoms with Crippen molar-refractivity contribution in [1.82, 2.24) is 4.90 Å². The molecule has 0 N–H and O–H groups in total. The highest BCUT2D eigenvalue weighted by molar-refractivity contribution is 9.10. The van der Waals surface area contributed by atoms with E-state index in [1.165, 1.54) is 12.1 Å². The van der Waals surface area contributed by atoms with E-state index in [0.717, 1.165) is 38.2 Å². The smallest absolute Gasteiger partial charge is 0.341 e. The predicted molar refractivity (Wildman–Crippen MR) is 105 cm³/mol. The molecule has 6 nitrogen and oxygen atoms in total. The van der Waals surface area contributed by atoms with E-state index in [-0.39, 0.29) is 29.2 Å². The van der Waals surface area contributed by atoms with E-state index in [0.29, 0.717) is 10.9 Å². The molecule has 1 aliphatic carbocycles. The summed E-state index contributed by atoms with van der Waals surface area (Å²) in [4.78, 5) is 26.6. The number of nitrogens with zero attached hydrogens (tertiary/aromatic N) is 1. The summed E-state index contributed by atoms with van der Waals surface area (Å²) in [6, 6.07) is 3.52. The molecule has 2 aliphatic rings. The summed E-state index contributed by atoms with van der Waals surface area (Å²) in [6.07, 6.45) is 5.10. The van der Waals surface area contributed by atoms with Crippen LogP contribution >= 0.6 is 15.9 Å². The third-order valence-electron chi connectivity index (χ3n) is 5.34. The third kappa shape index (κ3) is 5.11. The molecule has 154 valence electrons. The minimum absolute atomic E-state index is 0.0392. The van der Waals surface area contributed by atoms with Gasteiger partial charge in [0.25, 0.3) is 5.91 Å². The lowest BCUT2D eigenvalue weighted by molar-refractivity contribution is -0.140. The number of amides is 1. The van der Waals surface area contributed by atoms with Crippen LogP contribution in [0.4, 0.5) is 4.39 Å². The van der Waals surface area contributed by atoms with Crippen LogP contribution in [-0.2, 0) is 19.4 Å². The van der Waals surface area contributed by atoms with Crippen molar-refractivity contribution in [1.29, 1.82) is 0 Å². The second kappa shape index (κ2) is 8.90. The van der Waals surface area contributed by atoms with Crippen molar-refractivity contribution in [2.45, 2.75) is 50.6 Å². The van der Waals surface area contributed by atoms with Crippen molar-refractivity contribution >= 4 is 37.6 Å². The molecule has 1 aromatic carbocycles. The van der Waals surface area contributed by atoms with Gasteiger partial charge in [0.2, 0.25) is 0 Å². The fourth-order valence-corrected chi connectivity index (χ4v) is 6.04. The van der Waals surface area contributed by atoms with Gasteiger partial charge in [0.05, 0.1) is 17.1 Å². The van der Waals surface area contributed by atoms with Crippen molar-refractivity contribution < 1.29 is 27.1 Å². The van der Waals surface area contributed by atoms with E-state index in [1.807, 2.05) is 0 Å². The highest BCUT2D eigenvalue weighted by atomic mass is 79.9. The predicted octanol–water partition coefficient (Wildman–Crippen LogP) is 3.09. The van der Waals surface area contributed by atoms with Gasteiger partial charge in [0, 0.05) is 16.6 Å². The Labute approximate surface area is 172 Å². The van der Waals surface area contributed by atoms with Crippen LogP contribution in [0.5, 0.6) is 0 Å². The zero-order chi connectivity index (χ0) is 20.3. The van der Waals surface area contributed by atoms with E-state index < -0.39 is 34.1 Å². The Hall–Kier alpha value is -1.48. The highest BCUT2D eigenvalue weighted by Crippen LogP contribution is 2.28. The first-order valence-electron chi connectivity index (χ1n) is 9.40. The normalized spacial score (nSPS) is 22.0. The van der Waals surface area contributed by atoms with Crippen LogP contribution < -0.4 is 0 Å². The van der Waals surface area contributed by atoms with Crippen molar-refractivity contribution in [2.75, 3.05) is 18.1 Å². The molecule has 1 unspecified atom stereocenters. The van der Waals surface area contributed by atoms with Gasteiger partial charge in [-0.3, -0.25) is 4.79 Å². The lowest BCUT2D eigenvalue weighted by Crippen LogP contribution is -2.50. The molecular formula is C19H23BrFNO5S. The number of benzene rings is 1. The third-order valence-corrected chi connectivity index (χ3v) is 7.58. The van der Waals surface area contributed by atoms with Gasteiger partial charge >= 0.3 is 5.97 Å². The lowest BCUT2D eigenvalue weighted by Gasteiger charge is -2.38. The number of carbonyl (C=O) groups is 2. The van der Waals surface area contributed by atoms with Crippen LogP contribution in [0.3, 0.4) is 0 Å². The van der Waals surface area contributed by atoms with Crippen molar-refractivity contribution in [2.24, 2.45) is 0 Å². The maximum Gasteiger partial charge on any atom is 0.341 e. The van der Waals surface area contributed by atoms with Crippen LogP contribution in [0.25, 0.3) is 0 Å². The summed E-state index contributed by atoms with van der Waals surface area (Å²) >= 11 is 3.12. The van der Waals surface area contributed by atoms with Crippen LogP contribution in [0.1, 0.15) is 48.9 Å². The molecule has 1 aromatic rings. The Morgan fingerprint density at radius 3 is 2.46 bits per heavy atom. The first-order valence-corrected chi connectivity index (χ1v) is 12.0. The number of hydrogen-bond acceptors (Lipinski definition) is 5. The molecule has 0 aromatic heterocycles. The van der Waals surface area contributed by atoms with Crippen LogP contribution in [0.15, 0.2) is 22.7 Å². The van der Waals surface area contributed by atoms with Gasteiger partial charge in [-0.1, -0.05) is 35.2 Å². The zero-order valence-corrected chi connectivity index (χ0v) is 17.8. The molecule has 28 heavy (non-hydrogen) atoms.